The van der Waals surface area contributed by atoms with Gasteiger partial charge in [-0.1, -0.05) is 36.7 Å². The number of carbonyl (C=O) groups is 2. The fraction of sp³-hybridized carbons (Fsp3) is 0.440. The van der Waals surface area contributed by atoms with Crippen LogP contribution in [-0.4, -0.2) is 54.4 Å². The molecule has 2 aromatic rings. The quantitative estimate of drug-likeness (QED) is 0.349. The molecule has 1 unspecified atom stereocenters. The Hall–Kier alpha value is -3.18. The van der Waals surface area contributed by atoms with Crippen LogP contribution in [0.4, 0.5) is 11.4 Å². The lowest BCUT2D eigenvalue weighted by Gasteiger charge is -2.34. The van der Waals surface area contributed by atoms with Gasteiger partial charge in [0.2, 0.25) is 21.8 Å². The molecule has 0 saturated carbocycles. The molecule has 2 rings (SSSR count). The smallest absolute Gasteiger partial charge is 0.271 e. The van der Waals surface area contributed by atoms with Crippen molar-refractivity contribution in [2.45, 2.75) is 59.2 Å². The van der Waals surface area contributed by atoms with E-state index in [1.54, 1.807) is 38.1 Å². The van der Waals surface area contributed by atoms with Crippen molar-refractivity contribution < 1.29 is 22.9 Å². The maximum absolute atomic E-state index is 13.7. The number of nitrogens with one attached hydrogen (secondary N) is 1. The molecular weight excluding hydrogens is 520 g/mol. The predicted octanol–water partition coefficient (Wildman–Crippen LogP) is 4.04. The van der Waals surface area contributed by atoms with Crippen LogP contribution >= 0.6 is 11.6 Å². The van der Waals surface area contributed by atoms with Gasteiger partial charge in [0.25, 0.3) is 5.69 Å². The number of hydrogen-bond donors (Lipinski definition) is 1. The van der Waals surface area contributed by atoms with E-state index in [9.17, 15) is 28.1 Å². The number of aryl methyl sites for hydroxylation is 1. The van der Waals surface area contributed by atoms with Gasteiger partial charge in [-0.3, -0.25) is 24.0 Å². The number of amides is 2. The molecule has 0 aromatic heterocycles. The predicted molar refractivity (Wildman–Crippen MR) is 144 cm³/mol. The summed E-state index contributed by atoms with van der Waals surface area (Å²) in [6, 6.07) is 9.67. The molecule has 0 fully saturated rings. The molecule has 1 N–H and O–H groups in total. The zero-order chi connectivity index (χ0) is 28.1. The van der Waals surface area contributed by atoms with E-state index >= 15 is 0 Å². The monoisotopic (exact) mass is 552 g/mol. The minimum atomic E-state index is -4.03. The van der Waals surface area contributed by atoms with E-state index in [2.05, 4.69) is 5.32 Å². The Kier molecular flexibility index (Phi) is 9.67. The van der Waals surface area contributed by atoms with Crippen LogP contribution in [0, 0.1) is 17.0 Å². The molecule has 1 atom stereocenters. The standard InChI is InChI=1S/C25H33ClN4O6S/c1-7-21(24(32)27-25(3,4)5)28(15-18-9-11-19(26)12-10-18)23(31)16-29(37(6,35)36)22-14-20(30(33)34)13-8-17(22)2/h8-14,21H,7,15-16H2,1-6H3,(H,27,32). The molecule has 10 nitrogen and oxygen atoms in total. The normalized spacial score (nSPS) is 12.5. The summed E-state index contributed by atoms with van der Waals surface area (Å²) in [6.07, 6.45) is 1.20. The number of non-ortho nitro benzene ring substituents is 1. The van der Waals surface area contributed by atoms with Gasteiger partial charge in [0, 0.05) is 29.2 Å². The highest BCUT2D eigenvalue weighted by molar-refractivity contribution is 7.92. The third-order valence-corrected chi connectivity index (χ3v) is 6.88. The van der Waals surface area contributed by atoms with Crippen molar-refractivity contribution in [3.63, 3.8) is 0 Å². The second-order valence-corrected chi connectivity index (χ2v) is 12.2. The summed E-state index contributed by atoms with van der Waals surface area (Å²) in [5, 5.41) is 14.7. The lowest BCUT2D eigenvalue weighted by atomic mass is 10.1. The summed E-state index contributed by atoms with van der Waals surface area (Å²) in [7, 11) is -4.03. The third kappa shape index (κ3) is 8.43. The van der Waals surface area contributed by atoms with Gasteiger partial charge in [-0.2, -0.15) is 0 Å². The Balaban J connectivity index is 2.54. The zero-order valence-corrected chi connectivity index (χ0v) is 23.4. The number of sulfonamides is 1. The lowest BCUT2D eigenvalue weighted by molar-refractivity contribution is -0.384. The Bertz CT molecular complexity index is 1260. The van der Waals surface area contributed by atoms with E-state index in [4.69, 9.17) is 11.6 Å². The van der Waals surface area contributed by atoms with Crippen LogP contribution in [0.3, 0.4) is 0 Å². The first-order chi connectivity index (χ1) is 17.0. The summed E-state index contributed by atoms with van der Waals surface area (Å²) in [5.41, 5.74) is 0.278. The van der Waals surface area contributed by atoms with Crippen LogP contribution in [0.15, 0.2) is 42.5 Å². The van der Waals surface area contributed by atoms with Crippen LogP contribution < -0.4 is 9.62 Å². The Morgan fingerprint density at radius 1 is 1.14 bits per heavy atom. The average Bonchev–Trinajstić information content (AvgIpc) is 2.77. The van der Waals surface area contributed by atoms with E-state index in [-0.39, 0.29) is 30.2 Å². The molecule has 0 radical (unpaired) electrons. The van der Waals surface area contributed by atoms with Crippen molar-refractivity contribution in [1.82, 2.24) is 10.2 Å². The van der Waals surface area contributed by atoms with Crippen LogP contribution in [0.2, 0.25) is 5.02 Å². The van der Waals surface area contributed by atoms with Crippen LogP contribution in [0.5, 0.6) is 0 Å². The van der Waals surface area contributed by atoms with E-state index in [1.807, 2.05) is 20.8 Å². The number of halogens is 1. The molecule has 0 saturated heterocycles. The minimum Gasteiger partial charge on any atom is -0.350 e. The molecule has 2 amide bonds. The third-order valence-electron chi connectivity index (χ3n) is 5.50. The fourth-order valence-electron chi connectivity index (χ4n) is 3.73. The van der Waals surface area contributed by atoms with Gasteiger partial charge in [0.1, 0.15) is 12.6 Å². The molecule has 37 heavy (non-hydrogen) atoms. The van der Waals surface area contributed by atoms with Gasteiger partial charge in [0.15, 0.2) is 0 Å². The maximum atomic E-state index is 13.7. The van der Waals surface area contributed by atoms with Crippen molar-refractivity contribution in [3.8, 4) is 0 Å². The van der Waals surface area contributed by atoms with Gasteiger partial charge >= 0.3 is 0 Å². The van der Waals surface area contributed by atoms with Crippen LogP contribution in [-0.2, 0) is 26.2 Å². The highest BCUT2D eigenvalue weighted by Gasteiger charge is 2.33. The van der Waals surface area contributed by atoms with Crippen LogP contribution in [0.25, 0.3) is 0 Å². The van der Waals surface area contributed by atoms with Gasteiger partial charge in [0.05, 0.1) is 16.9 Å². The van der Waals surface area contributed by atoms with E-state index in [1.165, 1.54) is 17.0 Å². The van der Waals surface area contributed by atoms with E-state index in [0.717, 1.165) is 16.6 Å². The van der Waals surface area contributed by atoms with E-state index in [0.29, 0.717) is 16.1 Å². The second kappa shape index (κ2) is 11.9. The lowest BCUT2D eigenvalue weighted by Crippen LogP contribution is -2.55. The van der Waals surface area contributed by atoms with Gasteiger partial charge in [-0.15, -0.1) is 0 Å². The SMILES string of the molecule is CCC(C(=O)NC(C)(C)C)N(Cc1ccc(Cl)cc1)C(=O)CN(c1cc([N+](=O)[O-])ccc1C)S(C)(=O)=O. The summed E-state index contributed by atoms with van der Waals surface area (Å²) < 4.78 is 26.4. The number of nitro benzene ring substituents is 1. The van der Waals surface area contributed by atoms with Crippen molar-refractivity contribution in [1.29, 1.82) is 0 Å². The van der Waals surface area contributed by atoms with Crippen molar-refractivity contribution in [2.75, 3.05) is 17.1 Å². The maximum Gasteiger partial charge on any atom is 0.271 e. The molecule has 12 heteroatoms. The first kappa shape index (κ1) is 30.0. The summed E-state index contributed by atoms with van der Waals surface area (Å²) in [4.78, 5) is 38.9. The summed E-state index contributed by atoms with van der Waals surface area (Å²) >= 11 is 5.99. The molecule has 202 valence electrons. The molecule has 0 aliphatic carbocycles. The number of rotatable bonds is 10. The zero-order valence-electron chi connectivity index (χ0n) is 21.8. The molecule has 0 aliphatic heterocycles. The summed E-state index contributed by atoms with van der Waals surface area (Å²) in [6.45, 7) is 8.19. The Labute approximate surface area is 222 Å². The van der Waals surface area contributed by atoms with Gasteiger partial charge in [-0.05, 0) is 57.4 Å². The first-order valence-corrected chi connectivity index (χ1v) is 13.8. The second-order valence-electron chi connectivity index (χ2n) is 9.81. The largest absolute Gasteiger partial charge is 0.350 e. The van der Waals surface area contributed by atoms with Gasteiger partial charge in [-0.25, -0.2) is 8.42 Å². The number of benzene rings is 2. The Morgan fingerprint density at radius 3 is 2.22 bits per heavy atom. The number of anilines is 1. The molecule has 0 bridgehead atoms. The highest BCUT2D eigenvalue weighted by atomic mass is 35.5. The topological polar surface area (TPSA) is 130 Å². The molecule has 0 aliphatic rings. The van der Waals surface area contributed by atoms with Gasteiger partial charge < -0.3 is 10.2 Å². The molecular formula is C25H33ClN4O6S. The van der Waals surface area contributed by atoms with E-state index < -0.39 is 39.0 Å². The van der Waals surface area contributed by atoms with Crippen molar-refractivity contribution in [2.24, 2.45) is 0 Å². The molecule has 0 spiro atoms. The molecule has 0 heterocycles. The highest BCUT2D eigenvalue weighted by Crippen LogP contribution is 2.28. The Morgan fingerprint density at radius 2 is 1.73 bits per heavy atom. The van der Waals surface area contributed by atoms with Crippen LogP contribution in [0.1, 0.15) is 45.2 Å². The average molecular weight is 553 g/mol. The number of nitro groups is 1. The number of nitrogens with zero attached hydrogens (tertiary/aromatic N) is 3. The van der Waals surface area contributed by atoms with Crippen molar-refractivity contribution in [3.05, 3.63) is 68.7 Å². The summed E-state index contributed by atoms with van der Waals surface area (Å²) in [5.74, 6) is -1.02. The minimum absolute atomic E-state index is 0.0173. The van der Waals surface area contributed by atoms with Crippen molar-refractivity contribution >= 4 is 44.8 Å². The molecule has 2 aromatic carbocycles. The number of hydrogen-bond acceptors (Lipinski definition) is 6. The number of carbonyl (C=O) groups excluding carboxylic acids is 2. The first-order valence-electron chi connectivity index (χ1n) is 11.6. The fourth-order valence-corrected chi connectivity index (χ4v) is 4.76.